The van der Waals surface area contributed by atoms with Gasteiger partial charge >= 0.3 is 5.97 Å². The Hall–Kier alpha value is -2.62. The van der Waals surface area contributed by atoms with Crippen molar-refractivity contribution in [3.05, 3.63) is 71.3 Å². The molecule has 4 heteroatoms. The average molecular weight is 311 g/mol. The van der Waals surface area contributed by atoms with Crippen molar-refractivity contribution in [3.8, 4) is 0 Å². The fraction of sp³-hybridized carbons (Fsp3) is 0.263. The zero-order chi connectivity index (χ0) is 16.8. The molecule has 2 aromatic carbocycles. The summed E-state index contributed by atoms with van der Waals surface area (Å²) in [6.45, 7) is 4.21. The Morgan fingerprint density at radius 2 is 1.61 bits per heavy atom. The number of amides is 1. The highest BCUT2D eigenvalue weighted by Crippen LogP contribution is 2.15. The van der Waals surface area contributed by atoms with E-state index < -0.39 is 12.0 Å². The van der Waals surface area contributed by atoms with Crippen LogP contribution in [0, 0.1) is 0 Å². The summed E-state index contributed by atoms with van der Waals surface area (Å²) >= 11 is 0. The van der Waals surface area contributed by atoms with Gasteiger partial charge in [-0.15, -0.1) is 0 Å². The summed E-state index contributed by atoms with van der Waals surface area (Å²) in [4.78, 5) is 23.5. The number of hydrogen-bond acceptors (Lipinski definition) is 2. The molecule has 0 spiro atoms. The number of hydrogen-bond donors (Lipinski definition) is 2. The van der Waals surface area contributed by atoms with E-state index in [2.05, 4.69) is 19.2 Å². The maximum atomic E-state index is 12.1. The van der Waals surface area contributed by atoms with E-state index in [1.54, 1.807) is 24.3 Å². The van der Waals surface area contributed by atoms with E-state index in [4.69, 9.17) is 0 Å². The van der Waals surface area contributed by atoms with Crippen LogP contribution in [0.25, 0.3) is 0 Å². The molecule has 0 fully saturated rings. The van der Waals surface area contributed by atoms with Gasteiger partial charge in [-0.1, -0.05) is 56.3 Å². The Bertz CT molecular complexity index is 663. The predicted molar refractivity (Wildman–Crippen MR) is 89.6 cm³/mol. The molecule has 1 unspecified atom stereocenters. The monoisotopic (exact) mass is 311 g/mol. The molecular formula is C19H21NO3. The molecule has 0 saturated heterocycles. The van der Waals surface area contributed by atoms with Crippen LogP contribution >= 0.6 is 0 Å². The summed E-state index contributed by atoms with van der Waals surface area (Å²) in [5, 5.41) is 11.9. The van der Waals surface area contributed by atoms with Gasteiger partial charge in [-0.2, -0.15) is 0 Å². The molecule has 0 radical (unpaired) electrons. The van der Waals surface area contributed by atoms with E-state index in [0.717, 1.165) is 5.56 Å². The first-order valence-electron chi connectivity index (χ1n) is 7.65. The Morgan fingerprint density at radius 3 is 2.13 bits per heavy atom. The Balaban J connectivity index is 2.07. The maximum absolute atomic E-state index is 12.1. The molecular weight excluding hydrogens is 290 g/mol. The summed E-state index contributed by atoms with van der Waals surface area (Å²) in [7, 11) is 0. The largest absolute Gasteiger partial charge is 0.480 e. The Labute approximate surface area is 136 Å². The van der Waals surface area contributed by atoms with Crippen LogP contribution in [0.4, 0.5) is 0 Å². The van der Waals surface area contributed by atoms with E-state index in [0.29, 0.717) is 11.5 Å². The standard InChI is InChI=1S/C19H21NO3/c1-13(2)15-10-8-14(9-11-15)12-17(19(22)23)20-18(21)16-6-4-3-5-7-16/h3-11,13,17H,12H2,1-2H3,(H,20,21)(H,22,23). The highest BCUT2D eigenvalue weighted by atomic mass is 16.4. The maximum Gasteiger partial charge on any atom is 0.326 e. The van der Waals surface area contributed by atoms with Gasteiger partial charge in [0.2, 0.25) is 0 Å². The molecule has 0 aliphatic rings. The molecule has 2 N–H and O–H groups in total. The number of nitrogens with one attached hydrogen (secondary N) is 1. The molecule has 0 saturated carbocycles. The Kier molecular flexibility index (Phi) is 5.52. The molecule has 2 aromatic rings. The second kappa shape index (κ2) is 7.58. The van der Waals surface area contributed by atoms with E-state index >= 15 is 0 Å². The Morgan fingerprint density at radius 1 is 1.00 bits per heavy atom. The number of benzene rings is 2. The highest BCUT2D eigenvalue weighted by molar-refractivity contribution is 5.96. The zero-order valence-corrected chi connectivity index (χ0v) is 13.3. The molecule has 0 aromatic heterocycles. The van der Waals surface area contributed by atoms with Crippen LogP contribution in [0.2, 0.25) is 0 Å². The second-order valence-electron chi connectivity index (χ2n) is 5.83. The van der Waals surface area contributed by atoms with Crippen molar-refractivity contribution in [1.82, 2.24) is 5.32 Å². The number of carbonyl (C=O) groups excluding carboxylic acids is 1. The third kappa shape index (κ3) is 4.68. The molecule has 0 aliphatic carbocycles. The number of aliphatic carboxylic acids is 1. The second-order valence-corrected chi connectivity index (χ2v) is 5.83. The minimum Gasteiger partial charge on any atom is -0.480 e. The molecule has 1 amide bonds. The lowest BCUT2D eigenvalue weighted by Gasteiger charge is -2.15. The first kappa shape index (κ1) is 16.7. The molecule has 120 valence electrons. The van der Waals surface area contributed by atoms with Crippen molar-refractivity contribution >= 4 is 11.9 Å². The zero-order valence-electron chi connectivity index (χ0n) is 13.3. The lowest BCUT2D eigenvalue weighted by molar-refractivity contribution is -0.139. The van der Waals surface area contributed by atoms with E-state index in [1.807, 2.05) is 30.3 Å². The van der Waals surface area contributed by atoms with Gasteiger partial charge in [0.1, 0.15) is 6.04 Å². The van der Waals surface area contributed by atoms with Crippen molar-refractivity contribution in [1.29, 1.82) is 0 Å². The number of carbonyl (C=O) groups is 2. The fourth-order valence-corrected chi connectivity index (χ4v) is 2.31. The van der Waals surface area contributed by atoms with Gasteiger partial charge in [0.05, 0.1) is 0 Å². The molecule has 1 atom stereocenters. The summed E-state index contributed by atoms with van der Waals surface area (Å²) in [6, 6.07) is 15.5. The third-order valence-corrected chi connectivity index (χ3v) is 3.73. The average Bonchev–Trinajstić information content (AvgIpc) is 2.55. The smallest absolute Gasteiger partial charge is 0.326 e. The molecule has 0 heterocycles. The van der Waals surface area contributed by atoms with Crippen LogP contribution in [0.15, 0.2) is 54.6 Å². The normalized spacial score (nSPS) is 12.0. The van der Waals surface area contributed by atoms with Crippen molar-refractivity contribution in [3.63, 3.8) is 0 Å². The van der Waals surface area contributed by atoms with E-state index in [9.17, 15) is 14.7 Å². The van der Waals surface area contributed by atoms with E-state index in [-0.39, 0.29) is 12.3 Å². The van der Waals surface area contributed by atoms with Gasteiger partial charge in [0, 0.05) is 12.0 Å². The van der Waals surface area contributed by atoms with Gasteiger partial charge in [-0.05, 0) is 29.2 Å². The third-order valence-electron chi connectivity index (χ3n) is 3.73. The summed E-state index contributed by atoms with van der Waals surface area (Å²) < 4.78 is 0. The molecule has 0 bridgehead atoms. The molecule has 0 aliphatic heterocycles. The molecule has 2 rings (SSSR count). The van der Waals surface area contributed by atoms with E-state index in [1.165, 1.54) is 5.56 Å². The highest BCUT2D eigenvalue weighted by Gasteiger charge is 2.21. The quantitative estimate of drug-likeness (QED) is 0.860. The number of rotatable bonds is 6. The topological polar surface area (TPSA) is 66.4 Å². The molecule has 23 heavy (non-hydrogen) atoms. The number of carboxylic acid groups (broad SMARTS) is 1. The van der Waals surface area contributed by atoms with Gasteiger partial charge < -0.3 is 10.4 Å². The van der Waals surface area contributed by atoms with Crippen molar-refractivity contribution in [2.75, 3.05) is 0 Å². The SMILES string of the molecule is CC(C)c1ccc(CC(NC(=O)c2ccccc2)C(=O)O)cc1. The van der Waals surface area contributed by atoms with Gasteiger partial charge in [-0.25, -0.2) is 4.79 Å². The lowest BCUT2D eigenvalue weighted by atomic mass is 9.99. The van der Waals surface area contributed by atoms with Gasteiger partial charge in [-0.3, -0.25) is 4.79 Å². The van der Waals surface area contributed by atoms with Crippen LogP contribution in [-0.2, 0) is 11.2 Å². The van der Waals surface area contributed by atoms with Crippen LogP contribution in [-0.4, -0.2) is 23.0 Å². The minimum absolute atomic E-state index is 0.256. The van der Waals surface area contributed by atoms with Gasteiger partial charge in [0.25, 0.3) is 5.91 Å². The van der Waals surface area contributed by atoms with Crippen molar-refractivity contribution in [2.45, 2.75) is 32.2 Å². The van der Waals surface area contributed by atoms with Crippen molar-refractivity contribution < 1.29 is 14.7 Å². The first-order chi connectivity index (χ1) is 11.0. The summed E-state index contributed by atoms with van der Waals surface area (Å²) in [5.74, 6) is -0.990. The molecule has 4 nitrogen and oxygen atoms in total. The van der Waals surface area contributed by atoms with Crippen LogP contribution < -0.4 is 5.32 Å². The summed E-state index contributed by atoms with van der Waals surface area (Å²) in [6.07, 6.45) is 0.256. The van der Waals surface area contributed by atoms with Crippen molar-refractivity contribution in [2.24, 2.45) is 0 Å². The predicted octanol–water partition coefficient (Wildman–Crippen LogP) is 3.24. The summed E-state index contributed by atoms with van der Waals surface area (Å²) in [5.41, 5.74) is 2.54. The van der Waals surface area contributed by atoms with Crippen LogP contribution in [0.1, 0.15) is 41.3 Å². The first-order valence-corrected chi connectivity index (χ1v) is 7.65. The van der Waals surface area contributed by atoms with Crippen LogP contribution in [0.3, 0.4) is 0 Å². The minimum atomic E-state index is -1.04. The van der Waals surface area contributed by atoms with Crippen LogP contribution in [0.5, 0.6) is 0 Å². The number of carboxylic acids is 1. The fourth-order valence-electron chi connectivity index (χ4n) is 2.31. The van der Waals surface area contributed by atoms with Gasteiger partial charge in [0.15, 0.2) is 0 Å². The lowest BCUT2D eigenvalue weighted by Crippen LogP contribution is -2.42.